The standard InChI is InChI=1S/C8H9N3O2/c1-5-2-7(12)11(10-5)8-3-6(9)4-13-8/h2-4,10H,9H2,1H3. The Morgan fingerprint density at radius 3 is 2.77 bits per heavy atom. The number of anilines is 1. The fourth-order valence-electron chi connectivity index (χ4n) is 1.13. The predicted molar refractivity (Wildman–Crippen MR) is 47.8 cm³/mol. The van der Waals surface area contributed by atoms with Crippen molar-refractivity contribution in [2.75, 3.05) is 5.73 Å². The number of nitrogens with two attached hydrogens (primary N) is 1. The number of nitrogen functional groups attached to an aromatic ring is 1. The molecule has 2 aromatic heterocycles. The van der Waals surface area contributed by atoms with Crippen molar-refractivity contribution in [3.8, 4) is 5.88 Å². The molecule has 0 amide bonds. The first-order chi connectivity index (χ1) is 6.16. The van der Waals surface area contributed by atoms with Crippen LogP contribution in [0.5, 0.6) is 0 Å². The van der Waals surface area contributed by atoms with Crippen molar-refractivity contribution >= 4 is 5.69 Å². The maximum Gasteiger partial charge on any atom is 0.274 e. The number of furan rings is 1. The number of hydrogen-bond acceptors (Lipinski definition) is 3. The Hall–Kier alpha value is -1.91. The van der Waals surface area contributed by atoms with E-state index < -0.39 is 0 Å². The van der Waals surface area contributed by atoms with Crippen molar-refractivity contribution in [1.29, 1.82) is 0 Å². The molecule has 2 aromatic rings. The quantitative estimate of drug-likeness (QED) is 0.674. The molecule has 0 aromatic carbocycles. The summed E-state index contributed by atoms with van der Waals surface area (Å²) in [4.78, 5) is 11.3. The van der Waals surface area contributed by atoms with Crippen LogP contribution in [-0.4, -0.2) is 9.78 Å². The van der Waals surface area contributed by atoms with Crippen molar-refractivity contribution in [1.82, 2.24) is 9.78 Å². The molecule has 5 nitrogen and oxygen atoms in total. The highest BCUT2D eigenvalue weighted by atomic mass is 16.3. The Balaban J connectivity index is 2.58. The summed E-state index contributed by atoms with van der Waals surface area (Å²) in [5.41, 5.74) is 6.56. The average molecular weight is 179 g/mol. The lowest BCUT2D eigenvalue weighted by Gasteiger charge is -1.93. The highest BCUT2D eigenvalue weighted by Crippen LogP contribution is 2.11. The van der Waals surface area contributed by atoms with Crippen molar-refractivity contribution in [3.63, 3.8) is 0 Å². The number of nitrogens with zero attached hydrogens (tertiary/aromatic N) is 1. The molecule has 3 N–H and O–H groups in total. The molecule has 0 bridgehead atoms. The van der Waals surface area contributed by atoms with E-state index in [4.69, 9.17) is 10.2 Å². The third-order valence-corrected chi connectivity index (χ3v) is 1.67. The number of aromatic nitrogens is 2. The van der Waals surface area contributed by atoms with E-state index in [0.717, 1.165) is 5.69 Å². The summed E-state index contributed by atoms with van der Waals surface area (Å²) in [6.07, 6.45) is 1.39. The van der Waals surface area contributed by atoms with E-state index in [0.29, 0.717) is 11.6 Å². The van der Waals surface area contributed by atoms with Gasteiger partial charge in [0.05, 0.1) is 5.69 Å². The average Bonchev–Trinajstić information content (AvgIpc) is 2.58. The molecule has 13 heavy (non-hydrogen) atoms. The van der Waals surface area contributed by atoms with Gasteiger partial charge in [0.1, 0.15) is 6.26 Å². The second-order valence-corrected chi connectivity index (χ2v) is 2.83. The zero-order valence-electron chi connectivity index (χ0n) is 7.07. The van der Waals surface area contributed by atoms with Crippen LogP contribution in [0.25, 0.3) is 5.88 Å². The monoisotopic (exact) mass is 179 g/mol. The topological polar surface area (TPSA) is 76.9 Å². The van der Waals surface area contributed by atoms with E-state index in [-0.39, 0.29) is 5.56 Å². The largest absolute Gasteiger partial charge is 0.444 e. The minimum absolute atomic E-state index is 0.160. The molecule has 0 spiro atoms. The molecule has 68 valence electrons. The van der Waals surface area contributed by atoms with Crippen molar-refractivity contribution < 1.29 is 4.42 Å². The van der Waals surface area contributed by atoms with Gasteiger partial charge in [-0.2, -0.15) is 4.68 Å². The molecule has 5 heteroatoms. The molecule has 0 fully saturated rings. The van der Waals surface area contributed by atoms with E-state index in [2.05, 4.69) is 5.10 Å². The molecule has 0 atom stereocenters. The Morgan fingerprint density at radius 2 is 2.31 bits per heavy atom. The van der Waals surface area contributed by atoms with Gasteiger partial charge in [0.2, 0.25) is 5.88 Å². The lowest BCUT2D eigenvalue weighted by Crippen LogP contribution is -2.12. The molecule has 0 saturated carbocycles. The van der Waals surface area contributed by atoms with Crippen LogP contribution in [0, 0.1) is 6.92 Å². The summed E-state index contributed by atoms with van der Waals surface area (Å²) < 4.78 is 6.35. The number of rotatable bonds is 1. The third-order valence-electron chi connectivity index (χ3n) is 1.67. The van der Waals surface area contributed by atoms with Crippen LogP contribution in [0.15, 0.2) is 27.6 Å². The fourth-order valence-corrected chi connectivity index (χ4v) is 1.13. The lowest BCUT2D eigenvalue weighted by molar-refractivity contribution is 0.517. The van der Waals surface area contributed by atoms with Crippen LogP contribution in [0.4, 0.5) is 5.69 Å². The number of H-pyrrole nitrogens is 1. The van der Waals surface area contributed by atoms with Crippen LogP contribution in [0.2, 0.25) is 0 Å². The minimum atomic E-state index is -0.160. The van der Waals surface area contributed by atoms with Gasteiger partial charge in [-0.1, -0.05) is 0 Å². The summed E-state index contributed by atoms with van der Waals surface area (Å²) in [5.74, 6) is 0.399. The molecule has 2 heterocycles. The maximum absolute atomic E-state index is 11.3. The molecule has 0 aliphatic carbocycles. The molecule has 0 aliphatic rings. The van der Waals surface area contributed by atoms with Crippen molar-refractivity contribution in [3.05, 3.63) is 34.4 Å². The third kappa shape index (κ3) is 1.24. The van der Waals surface area contributed by atoms with Crippen LogP contribution in [0.3, 0.4) is 0 Å². The Morgan fingerprint density at radius 1 is 1.54 bits per heavy atom. The summed E-state index contributed by atoms with van der Waals surface area (Å²) in [6.45, 7) is 1.80. The predicted octanol–water partition coefficient (Wildman–Crippen LogP) is 0.649. The van der Waals surface area contributed by atoms with E-state index >= 15 is 0 Å². The fraction of sp³-hybridized carbons (Fsp3) is 0.125. The summed E-state index contributed by atoms with van der Waals surface area (Å²) in [6, 6.07) is 3.07. The van der Waals surface area contributed by atoms with Gasteiger partial charge in [0.25, 0.3) is 5.56 Å². The first kappa shape index (κ1) is 7.72. The Bertz CT molecular complexity index is 478. The normalized spacial score (nSPS) is 10.5. The van der Waals surface area contributed by atoms with Gasteiger partial charge in [-0.05, 0) is 6.92 Å². The van der Waals surface area contributed by atoms with Gasteiger partial charge in [-0.25, -0.2) is 0 Å². The van der Waals surface area contributed by atoms with Gasteiger partial charge >= 0.3 is 0 Å². The first-order valence-corrected chi connectivity index (χ1v) is 3.80. The highest BCUT2D eigenvalue weighted by Gasteiger charge is 2.05. The van der Waals surface area contributed by atoms with E-state index in [1.165, 1.54) is 17.0 Å². The van der Waals surface area contributed by atoms with Gasteiger partial charge in [0, 0.05) is 17.8 Å². The smallest absolute Gasteiger partial charge is 0.274 e. The van der Waals surface area contributed by atoms with E-state index in [9.17, 15) is 4.79 Å². The number of nitrogens with one attached hydrogen (secondary N) is 1. The SMILES string of the molecule is Cc1cc(=O)n(-c2cc(N)co2)[nH]1. The van der Waals surface area contributed by atoms with E-state index in [1.807, 2.05) is 0 Å². The molecule has 0 saturated heterocycles. The minimum Gasteiger partial charge on any atom is -0.444 e. The Kier molecular flexibility index (Phi) is 1.51. The van der Waals surface area contributed by atoms with Gasteiger partial charge < -0.3 is 10.2 Å². The summed E-state index contributed by atoms with van der Waals surface area (Å²) in [5, 5.41) is 2.83. The second kappa shape index (κ2) is 2.55. The van der Waals surface area contributed by atoms with Crippen molar-refractivity contribution in [2.24, 2.45) is 0 Å². The molecule has 0 unspecified atom stereocenters. The molecular weight excluding hydrogens is 170 g/mol. The van der Waals surface area contributed by atoms with Crippen LogP contribution in [-0.2, 0) is 0 Å². The number of aryl methyl sites for hydroxylation is 1. The zero-order chi connectivity index (χ0) is 9.42. The molecular formula is C8H9N3O2. The van der Waals surface area contributed by atoms with Crippen LogP contribution in [0.1, 0.15) is 5.69 Å². The van der Waals surface area contributed by atoms with Crippen LogP contribution >= 0.6 is 0 Å². The summed E-state index contributed by atoms with van der Waals surface area (Å²) >= 11 is 0. The first-order valence-electron chi connectivity index (χ1n) is 3.80. The summed E-state index contributed by atoms with van der Waals surface area (Å²) in [7, 11) is 0. The Labute approximate surface area is 73.8 Å². The van der Waals surface area contributed by atoms with Gasteiger partial charge in [-0.3, -0.25) is 9.89 Å². The van der Waals surface area contributed by atoms with Gasteiger partial charge in [0.15, 0.2) is 0 Å². The molecule has 0 aliphatic heterocycles. The lowest BCUT2D eigenvalue weighted by atomic mass is 10.5. The second-order valence-electron chi connectivity index (χ2n) is 2.83. The van der Waals surface area contributed by atoms with E-state index in [1.54, 1.807) is 13.0 Å². The number of hydrogen-bond donors (Lipinski definition) is 2. The van der Waals surface area contributed by atoms with Gasteiger partial charge in [-0.15, -0.1) is 0 Å². The highest BCUT2D eigenvalue weighted by molar-refractivity contribution is 5.40. The number of aromatic amines is 1. The van der Waals surface area contributed by atoms with Crippen LogP contribution < -0.4 is 11.3 Å². The van der Waals surface area contributed by atoms with Crippen molar-refractivity contribution in [2.45, 2.75) is 6.92 Å². The zero-order valence-corrected chi connectivity index (χ0v) is 7.07. The maximum atomic E-state index is 11.3. The molecule has 0 radical (unpaired) electrons. The molecule has 2 rings (SSSR count).